The lowest BCUT2D eigenvalue weighted by molar-refractivity contribution is -0.870. The minimum atomic E-state index is -0.222. The Morgan fingerprint density at radius 1 is 1.27 bits per heavy atom. The van der Waals surface area contributed by atoms with Gasteiger partial charge >= 0.3 is 0 Å². The van der Waals surface area contributed by atoms with Crippen molar-refractivity contribution in [2.45, 2.75) is 6.92 Å². The van der Waals surface area contributed by atoms with Gasteiger partial charge in [-0.2, -0.15) is 0 Å². The van der Waals surface area contributed by atoms with Crippen LogP contribution in [0.25, 0.3) is 5.52 Å². The van der Waals surface area contributed by atoms with Crippen molar-refractivity contribution in [3.63, 3.8) is 0 Å². The maximum atomic E-state index is 11.7. The van der Waals surface area contributed by atoms with E-state index in [0.717, 1.165) is 16.5 Å². The lowest BCUT2D eigenvalue weighted by Gasteiger charge is -2.23. The summed E-state index contributed by atoms with van der Waals surface area (Å²) in [6.07, 6.45) is 4.72. The molecule has 0 spiro atoms. The van der Waals surface area contributed by atoms with Gasteiger partial charge in [-0.05, 0) is 31.2 Å². The second-order valence-corrected chi connectivity index (χ2v) is 7.21. The quantitative estimate of drug-likeness (QED) is 0.660. The van der Waals surface area contributed by atoms with Crippen LogP contribution in [0.5, 0.6) is 5.88 Å². The van der Waals surface area contributed by atoms with Gasteiger partial charge in [-0.15, -0.1) is 5.10 Å². The first-order valence-electron chi connectivity index (χ1n) is 8.38. The molecule has 0 aromatic carbocycles. The third-order valence-corrected chi connectivity index (χ3v) is 4.08. The molecule has 0 atom stereocenters. The number of fused-ring (bicyclic) bond motifs is 1. The number of hydrogen-bond acceptors (Lipinski definition) is 5. The fraction of sp³-hybridized carbons (Fsp3) is 0.316. The third kappa shape index (κ3) is 3.67. The van der Waals surface area contributed by atoms with Gasteiger partial charge in [0.05, 0.1) is 26.7 Å². The molecule has 1 N–H and O–H groups in total. The van der Waals surface area contributed by atoms with E-state index in [-0.39, 0.29) is 17.1 Å². The van der Waals surface area contributed by atoms with E-state index in [1.54, 1.807) is 11.4 Å². The Morgan fingerprint density at radius 3 is 2.77 bits per heavy atom. The molecular weight excluding hydrogens is 332 g/mol. The first-order chi connectivity index (χ1) is 12.3. The molecule has 0 aliphatic heterocycles. The number of aliphatic imine (C=N–C) groups is 1. The molecule has 2 aromatic heterocycles. The summed E-state index contributed by atoms with van der Waals surface area (Å²) in [6, 6.07) is 5.63. The molecule has 0 bridgehead atoms. The molecule has 0 unspecified atom stereocenters. The molecule has 26 heavy (non-hydrogen) atoms. The van der Waals surface area contributed by atoms with E-state index in [0.29, 0.717) is 23.9 Å². The number of quaternary nitrogens is 1. The Labute approximate surface area is 152 Å². The van der Waals surface area contributed by atoms with Gasteiger partial charge < -0.3 is 14.3 Å². The van der Waals surface area contributed by atoms with E-state index in [4.69, 9.17) is 4.74 Å². The molecule has 7 nitrogen and oxygen atoms in total. The van der Waals surface area contributed by atoms with Crippen molar-refractivity contribution in [2.24, 2.45) is 4.99 Å². The van der Waals surface area contributed by atoms with E-state index < -0.39 is 0 Å². The number of ether oxygens (including phenoxy) is 1. The summed E-state index contributed by atoms with van der Waals surface area (Å²) in [6.45, 7) is 2.87. The maximum Gasteiger partial charge on any atom is 0.260 e. The highest BCUT2D eigenvalue weighted by Gasteiger charge is 2.20. The monoisotopic (exact) mass is 355 g/mol. The highest BCUT2D eigenvalue weighted by atomic mass is 16.5. The molecule has 1 aliphatic rings. The number of hydrogen-bond donors (Lipinski definition) is 1. The summed E-state index contributed by atoms with van der Waals surface area (Å²) in [7, 11) is 6.26. The number of carbonyl (C=O) groups excluding carboxylic acids is 1. The van der Waals surface area contributed by atoms with E-state index in [2.05, 4.69) is 31.2 Å². The number of aliphatic hydroxyl groups excluding tert-OH is 1. The third-order valence-electron chi connectivity index (χ3n) is 4.08. The largest absolute Gasteiger partial charge is 0.505 e. The summed E-state index contributed by atoms with van der Waals surface area (Å²) >= 11 is 0. The van der Waals surface area contributed by atoms with Crippen molar-refractivity contribution < 1.29 is 19.1 Å². The van der Waals surface area contributed by atoms with Crippen molar-refractivity contribution in [1.29, 1.82) is 0 Å². The van der Waals surface area contributed by atoms with Crippen molar-refractivity contribution in [3.05, 3.63) is 47.9 Å². The molecule has 1 aliphatic carbocycles. The van der Waals surface area contributed by atoms with Gasteiger partial charge in [0.1, 0.15) is 24.6 Å². The van der Waals surface area contributed by atoms with Gasteiger partial charge in [0, 0.05) is 11.8 Å². The lowest BCUT2D eigenvalue weighted by atomic mass is 10.0. The number of likely N-dealkylation sites (N-methyl/N-ethyl adjacent to an activating group) is 1. The van der Waals surface area contributed by atoms with Crippen LogP contribution >= 0.6 is 0 Å². The van der Waals surface area contributed by atoms with Crippen molar-refractivity contribution in [2.75, 3.05) is 34.3 Å². The van der Waals surface area contributed by atoms with Gasteiger partial charge in [0.15, 0.2) is 11.5 Å². The number of ketones is 1. The summed E-state index contributed by atoms with van der Waals surface area (Å²) in [5, 5.41) is 14.7. The average Bonchev–Trinajstić information content (AvgIpc) is 2.92. The zero-order valence-corrected chi connectivity index (χ0v) is 15.4. The van der Waals surface area contributed by atoms with Crippen LogP contribution in [0.2, 0.25) is 0 Å². The van der Waals surface area contributed by atoms with E-state index in [9.17, 15) is 9.90 Å². The van der Waals surface area contributed by atoms with Gasteiger partial charge in [-0.25, -0.2) is 9.51 Å². The summed E-state index contributed by atoms with van der Waals surface area (Å²) in [5.41, 5.74) is 1.88. The summed E-state index contributed by atoms with van der Waals surface area (Å²) in [4.78, 5) is 16.2. The Kier molecular flexibility index (Phi) is 4.65. The second-order valence-electron chi connectivity index (χ2n) is 7.21. The lowest BCUT2D eigenvalue weighted by Crippen LogP contribution is -2.38. The normalized spacial score (nSPS) is 16.8. The summed E-state index contributed by atoms with van der Waals surface area (Å²) < 4.78 is 8.33. The van der Waals surface area contributed by atoms with Gasteiger partial charge in [0.25, 0.3) is 5.88 Å². The second kappa shape index (κ2) is 6.76. The zero-order chi connectivity index (χ0) is 18.9. The van der Waals surface area contributed by atoms with Gasteiger partial charge in [-0.3, -0.25) is 4.79 Å². The highest BCUT2D eigenvalue weighted by Crippen LogP contribution is 2.33. The average molecular weight is 355 g/mol. The molecular formula is C19H23N4O3+. The molecule has 7 heteroatoms. The molecule has 0 amide bonds. The standard InChI is InChI=1S/C19H22N4O3/c1-13-16(24)9-8-14(18(13)25)20-17-15-7-5-6-10-22(15)21-19(17)26-12-11-23(2,3)4/h5-10H,11-12H2,1-4H3/p+1. The van der Waals surface area contributed by atoms with Crippen LogP contribution in [0.15, 0.2) is 52.9 Å². The number of rotatable bonds is 5. The van der Waals surface area contributed by atoms with E-state index in [1.165, 1.54) is 12.2 Å². The van der Waals surface area contributed by atoms with Crippen LogP contribution in [0, 0.1) is 0 Å². The molecule has 2 heterocycles. The molecule has 0 saturated heterocycles. The Balaban J connectivity index is 2.01. The molecule has 0 fully saturated rings. The van der Waals surface area contributed by atoms with Crippen molar-refractivity contribution in [1.82, 2.24) is 9.61 Å². The number of allylic oxidation sites excluding steroid dienone is 3. The number of aromatic nitrogens is 2. The van der Waals surface area contributed by atoms with Crippen LogP contribution in [-0.4, -0.2) is 65.0 Å². The van der Waals surface area contributed by atoms with Crippen LogP contribution in [0.1, 0.15) is 6.92 Å². The minimum Gasteiger partial charge on any atom is -0.505 e. The molecule has 0 saturated carbocycles. The first kappa shape index (κ1) is 17.9. The number of carbonyl (C=O) groups is 1. The number of nitrogens with zero attached hydrogens (tertiary/aromatic N) is 4. The topological polar surface area (TPSA) is 76.2 Å². The highest BCUT2D eigenvalue weighted by molar-refractivity contribution is 6.21. The van der Waals surface area contributed by atoms with Gasteiger partial charge in [-0.1, -0.05) is 6.07 Å². The van der Waals surface area contributed by atoms with Crippen LogP contribution < -0.4 is 4.74 Å². The van der Waals surface area contributed by atoms with Gasteiger partial charge in [0.2, 0.25) is 0 Å². The van der Waals surface area contributed by atoms with Crippen molar-refractivity contribution >= 4 is 22.7 Å². The Hall–Kier alpha value is -2.93. The van der Waals surface area contributed by atoms with Crippen LogP contribution in [-0.2, 0) is 4.79 Å². The SMILES string of the molecule is CC1=C(O)C(=Nc2c(OCC[N+](C)(C)C)nn3ccccc23)C=CC1=O. The van der Waals surface area contributed by atoms with Crippen molar-refractivity contribution in [3.8, 4) is 5.88 Å². The van der Waals surface area contributed by atoms with Crippen LogP contribution in [0.4, 0.5) is 5.69 Å². The van der Waals surface area contributed by atoms with E-state index in [1.807, 2.05) is 24.4 Å². The van der Waals surface area contributed by atoms with Crippen LogP contribution in [0.3, 0.4) is 0 Å². The fourth-order valence-electron chi connectivity index (χ4n) is 2.46. The molecule has 3 rings (SSSR count). The summed E-state index contributed by atoms with van der Waals surface area (Å²) in [5.74, 6) is 0.0544. The fourth-order valence-corrected chi connectivity index (χ4v) is 2.46. The first-order valence-corrected chi connectivity index (χ1v) is 8.38. The Morgan fingerprint density at radius 2 is 2.04 bits per heavy atom. The molecule has 2 aromatic rings. The smallest absolute Gasteiger partial charge is 0.260 e. The molecule has 0 radical (unpaired) electrons. The number of pyridine rings is 1. The Bertz CT molecular complexity index is 945. The minimum absolute atomic E-state index is 0.120. The van der Waals surface area contributed by atoms with E-state index >= 15 is 0 Å². The number of aliphatic hydroxyl groups is 1. The predicted molar refractivity (Wildman–Crippen MR) is 100 cm³/mol. The molecule has 136 valence electrons. The predicted octanol–water partition coefficient (Wildman–Crippen LogP) is 2.46. The maximum absolute atomic E-state index is 11.7. The zero-order valence-electron chi connectivity index (χ0n) is 15.4.